The molecule has 0 fully saturated rings. The Labute approximate surface area is 70.6 Å². The van der Waals surface area contributed by atoms with Crippen LogP contribution in [0.5, 0.6) is 0 Å². The summed E-state index contributed by atoms with van der Waals surface area (Å²) in [5, 5.41) is 9.32. The minimum absolute atomic E-state index is 0.0208. The molecule has 1 N–H and O–H groups in total. The molecule has 0 bridgehead atoms. The molecule has 0 radical (unpaired) electrons. The standard InChI is InChI=1S/C8H15F3O/c1-6(7(2,3)12)4-5-8(9,10)11/h6,12H,4-5H2,1-3H3. The lowest BCUT2D eigenvalue weighted by atomic mass is 9.89. The Kier molecular flexibility index (Phi) is 3.57. The molecule has 0 aliphatic heterocycles. The first-order chi connectivity index (χ1) is 5.13. The third-order valence-electron chi connectivity index (χ3n) is 2.07. The van der Waals surface area contributed by atoms with Crippen molar-refractivity contribution in [2.45, 2.75) is 45.4 Å². The maximum Gasteiger partial charge on any atom is 0.389 e. The van der Waals surface area contributed by atoms with E-state index in [4.69, 9.17) is 0 Å². The van der Waals surface area contributed by atoms with Gasteiger partial charge in [0.1, 0.15) is 0 Å². The van der Waals surface area contributed by atoms with Crippen molar-refractivity contribution in [3.63, 3.8) is 0 Å². The molecule has 0 saturated heterocycles. The summed E-state index contributed by atoms with van der Waals surface area (Å²) in [7, 11) is 0. The van der Waals surface area contributed by atoms with Crippen LogP contribution < -0.4 is 0 Å². The number of rotatable bonds is 3. The van der Waals surface area contributed by atoms with E-state index >= 15 is 0 Å². The molecule has 0 spiro atoms. The second-order valence-corrected chi connectivity index (χ2v) is 3.71. The van der Waals surface area contributed by atoms with Crippen LogP contribution in [0.2, 0.25) is 0 Å². The fourth-order valence-corrected chi connectivity index (χ4v) is 0.733. The Balaban J connectivity index is 3.80. The molecule has 0 heterocycles. The van der Waals surface area contributed by atoms with E-state index in [1.165, 1.54) is 13.8 Å². The molecule has 0 aromatic heterocycles. The van der Waals surface area contributed by atoms with Crippen molar-refractivity contribution in [3.8, 4) is 0 Å². The maximum atomic E-state index is 11.7. The first-order valence-corrected chi connectivity index (χ1v) is 3.92. The zero-order valence-corrected chi connectivity index (χ0v) is 7.57. The van der Waals surface area contributed by atoms with Gasteiger partial charge in [0, 0.05) is 6.42 Å². The highest BCUT2D eigenvalue weighted by atomic mass is 19.4. The third-order valence-corrected chi connectivity index (χ3v) is 2.07. The SMILES string of the molecule is CC(CCC(F)(F)F)C(C)(C)O. The van der Waals surface area contributed by atoms with Crippen LogP contribution in [0.1, 0.15) is 33.6 Å². The van der Waals surface area contributed by atoms with E-state index in [0.717, 1.165) is 0 Å². The zero-order valence-electron chi connectivity index (χ0n) is 7.57. The van der Waals surface area contributed by atoms with Crippen molar-refractivity contribution < 1.29 is 18.3 Å². The lowest BCUT2D eigenvalue weighted by molar-refractivity contribution is -0.141. The molecule has 74 valence electrons. The smallest absolute Gasteiger partial charge is 0.389 e. The van der Waals surface area contributed by atoms with Crippen LogP contribution in [-0.4, -0.2) is 16.9 Å². The second kappa shape index (κ2) is 3.64. The van der Waals surface area contributed by atoms with Gasteiger partial charge >= 0.3 is 6.18 Å². The number of hydrogen-bond acceptors (Lipinski definition) is 1. The largest absolute Gasteiger partial charge is 0.390 e. The van der Waals surface area contributed by atoms with Crippen LogP contribution in [-0.2, 0) is 0 Å². The maximum absolute atomic E-state index is 11.7. The molecule has 0 saturated carbocycles. The molecule has 1 unspecified atom stereocenters. The highest BCUT2D eigenvalue weighted by molar-refractivity contribution is 4.74. The van der Waals surface area contributed by atoms with E-state index < -0.39 is 18.2 Å². The fourth-order valence-electron chi connectivity index (χ4n) is 0.733. The summed E-state index contributed by atoms with van der Waals surface area (Å²) in [5.41, 5.74) is -1.02. The van der Waals surface area contributed by atoms with Crippen molar-refractivity contribution in [1.29, 1.82) is 0 Å². The Hall–Kier alpha value is -0.250. The van der Waals surface area contributed by atoms with Crippen molar-refractivity contribution in [2.75, 3.05) is 0 Å². The van der Waals surface area contributed by atoms with Crippen molar-refractivity contribution >= 4 is 0 Å². The molecule has 4 heteroatoms. The lowest BCUT2D eigenvalue weighted by Gasteiger charge is -2.25. The molecule has 1 nitrogen and oxygen atoms in total. The molecule has 0 aliphatic rings. The van der Waals surface area contributed by atoms with Gasteiger partial charge in [-0.25, -0.2) is 0 Å². The number of alkyl halides is 3. The Morgan fingerprint density at radius 1 is 1.25 bits per heavy atom. The van der Waals surface area contributed by atoms with Gasteiger partial charge in [0.15, 0.2) is 0 Å². The summed E-state index contributed by atoms with van der Waals surface area (Å²) in [5.74, 6) is -0.334. The van der Waals surface area contributed by atoms with Gasteiger partial charge in [-0.2, -0.15) is 13.2 Å². The minimum Gasteiger partial charge on any atom is -0.390 e. The van der Waals surface area contributed by atoms with Crippen LogP contribution in [0, 0.1) is 5.92 Å². The quantitative estimate of drug-likeness (QED) is 0.715. The van der Waals surface area contributed by atoms with Gasteiger partial charge in [-0.15, -0.1) is 0 Å². The molecule has 0 aromatic carbocycles. The van der Waals surface area contributed by atoms with Gasteiger partial charge < -0.3 is 5.11 Å². The molecule has 0 aromatic rings. The van der Waals surface area contributed by atoms with Gasteiger partial charge in [-0.1, -0.05) is 6.92 Å². The Morgan fingerprint density at radius 3 is 1.92 bits per heavy atom. The molecular weight excluding hydrogens is 169 g/mol. The highest BCUT2D eigenvalue weighted by Gasteiger charge is 2.31. The first-order valence-electron chi connectivity index (χ1n) is 3.92. The third kappa shape index (κ3) is 5.41. The van der Waals surface area contributed by atoms with E-state index in [1.54, 1.807) is 6.92 Å². The van der Waals surface area contributed by atoms with Gasteiger partial charge in [0.05, 0.1) is 5.60 Å². The summed E-state index contributed by atoms with van der Waals surface area (Å²) in [4.78, 5) is 0. The molecule has 0 rings (SSSR count). The van der Waals surface area contributed by atoms with E-state index in [9.17, 15) is 18.3 Å². The molecular formula is C8H15F3O. The van der Waals surface area contributed by atoms with E-state index in [0.29, 0.717) is 0 Å². The normalized spacial score (nSPS) is 16.2. The summed E-state index contributed by atoms with van der Waals surface area (Å²) in [6, 6.07) is 0. The molecule has 0 amide bonds. The predicted molar refractivity (Wildman–Crippen MR) is 40.8 cm³/mol. The van der Waals surface area contributed by atoms with Gasteiger partial charge in [-0.05, 0) is 26.2 Å². The topological polar surface area (TPSA) is 20.2 Å². The zero-order chi connectivity index (χ0) is 9.99. The van der Waals surface area contributed by atoms with Crippen molar-refractivity contribution in [1.82, 2.24) is 0 Å². The molecule has 1 atom stereocenters. The predicted octanol–water partition coefficient (Wildman–Crippen LogP) is 2.74. The van der Waals surface area contributed by atoms with Crippen LogP contribution in [0.3, 0.4) is 0 Å². The van der Waals surface area contributed by atoms with Crippen LogP contribution >= 0.6 is 0 Å². The Morgan fingerprint density at radius 2 is 1.67 bits per heavy atom. The summed E-state index contributed by atoms with van der Waals surface area (Å²) < 4.78 is 35.2. The van der Waals surface area contributed by atoms with Gasteiger partial charge in [-0.3, -0.25) is 0 Å². The van der Waals surface area contributed by atoms with E-state index in [-0.39, 0.29) is 12.3 Å². The number of hydrogen-bond donors (Lipinski definition) is 1. The second-order valence-electron chi connectivity index (χ2n) is 3.71. The average Bonchev–Trinajstić information content (AvgIpc) is 1.78. The number of aliphatic hydroxyl groups is 1. The first kappa shape index (κ1) is 11.8. The molecule has 0 aliphatic carbocycles. The van der Waals surface area contributed by atoms with Crippen molar-refractivity contribution in [3.05, 3.63) is 0 Å². The Bertz CT molecular complexity index is 134. The van der Waals surface area contributed by atoms with Crippen LogP contribution in [0.25, 0.3) is 0 Å². The number of halogens is 3. The van der Waals surface area contributed by atoms with Crippen LogP contribution in [0.4, 0.5) is 13.2 Å². The van der Waals surface area contributed by atoms with E-state index in [2.05, 4.69) is 0 Å². The average molecular weight is 184 g/mol. The summed E-state index contributed by atoms with van der Waals surface area (Å²) >= 11 is 0. The molecule has 12 heavy (non-hydrogen) atoms. The summed E-state index contributed by atoms with van der Waals surface area (Å²) in [6.07, 6.45) is -4.95. The van der Waals surface area contributed by atoms with E-state index in [1.807, 2.05) is 0 Å². The summed E-state index contributed by atoms with van der Waals surface area (Å²) in [6.45, 7) is 4.66. The van der Waals surface area contributed by atoms with Gasteiger partial charge in [0.25, 0.3) is 0 Å². The lowest BCUT2D eigenvalue weighted by Crippen LogP contribution is -2.29. The van der Waals surface area contributed by atoms with Gasteiger partial charge in [0.2, 0.25) is 0 Å². The minimum atomic E-state index is -4.11. The van der Waals surface area contributed by atoms with Crippen LogP contribution in [0.15, 0.2) is 0 Å². The monoisotopic (exact) mass is 184 g/mol. The fraction of sp³-hybridized carbons (Fsp3) is 1.00. The highest BCUT2D eigenvalue weighted by Crippen LogP contribution is 2.28. The van der Waals surface area contributed by atoms with Crippen molar-refractivity contribution in [2.24, 2.45) is 5.92 Å².